The summed E-state index contributed by atoms with van der Waals surface area (Å²) in [5.74, 6) is -0.156. The second-order valence-corrected chi connectivity index (χ2v) is 5.38. The van der Waals surface area contributed by atoms with E-state index in [9.17, 15) is 4.79 Å². The smallest absolute Gasteiger partial charge is 0.256 e. The Labute approximate surface area is 120 Å². The summed E-state index contributed by atoms with van der Waals surface area (Å²) in [5.41, 5.74) is 2.50. The van der Waals surface area contributed by atoms with E-state index < -0.39 is 0 Å². The fraction of sp³-hybridized carbons (Fsp3) is 0.0714. The van der Waals surface area contributed by atoms with Crippen LogP contribution in [0.4, 0.5) is 5.69 Å². The Kier molecular flexibility index (Phi) is 4.09. The Hall–Kier alpha value is -1.26. The van der Waals surface area contributed by atoms with Gasteiger partial charge in [0.25, 0.3) is 5.91 Å². The van der Waals surface area contributed by atoms with Crippen LogP contribution in [0.3, 0.4) is 0 Å². The predicted octanol–water partition coefficient (Wildman–Crippen LogP) is 4.30. The fourth-order valence-electron chi connectivity index (χ4n) is 1.53. The molecular formula is C14H12BrNOS. The van der Waals surface area contributed by atoms with E-state index in [0.717, 1.165) is 15.7 Å². The fourth-order valence-corrected chi connectivity index (χ4v) is 2.39. The Morgan fingerprint density at radius 1 is 1.17 bits per heavy atom. The molecule has 92 valence electrons. The van der Waals surface area contributed by atoms with Gasteiger partial charge >= 0.3 is 0 Å². The minimum Gasteiger partial charge on any atom is -0.322 e. The Morgan fingerprint density at radius 3 is 2.44 bits per heavy atom. The average Bonchev–Trinajstić information content (AvgIpc) is 2.32. The van der Waals surface area contributed by atoms with Crippen molar-refractivity contribution < 1.29 is 4.79 Å². The molecule has 1 N–H and O–H groups in total. The number of aryl methyl sites for hydroxylation is 1. The lowest BCUT2D eigenvalue weighted by Crippen LogP contribution is -2.12. The first-order valence-electron chi connectivity index (χ1n) is 5.43. The number of carbonyl (C=O) groups is 1. The second kappa shape index (κ2) is 5.59. The number of rotatable bonds is 2. The summed E-state index contributed by atoms with van der Waals surface area (Å²) in [5, 5.41) is 2.84. The number of benzene rings is 2. The topological polar surface area (TPSA) is 29.1 Å². The zero-order chi connectivity index (χ0) is 13.1. The molecule has 0 saturated carbocycles. The van der Waals surface area contributed by atoms with E-state index in [0.29, 0.717) is 10.5 Å². The molecule has 0 spiro atoms. The zero-order valence-corrected chi connectivity index (χ0v) is 12.3. The van der Waals surface area contributed by atoms with Crippen LogP contribution in [0.25, 0.3) is 0 Å². The summed E-state index contributed by atoms with van der Waals surface area (Å²) in [4.78, 5) is 12.7. The van der Waals surface area contributed by atoms with Crippen LogP contribution in [0.2, 0.25) is 0 Å². The zero-order valence-electron chi connectivity index (χ0n) is 9.77. The van der Waals surface area contributed by atoms with Crippen LogP contribution < -0.4 is 5.32 Å². The minimum absolute atomic E-state index is 0.156. The highest BCUT2D eigenvalue weighted by Crippen LogP contribution is 2.21. The van der Waals surface area contributed by atoms with Gasteiger partial charge in [0.1, 0.15) is 0 Å². The summed E-state index contributed by atoms with van der Waals surface area (Å²) < 4.78 is 0.902. The molecule has 0 aliphatic heterocycles. The molecule has 2 rings (SSSR count). The lowest BCUT2D eigenvalue weighted by Gasteiger charge is -2.07. The van der Waals surface area contributed by atoms with Crippen LogP contribution in [-0.2, 0) is 0 Å². The van der Waals surface area contributed by atoms with Crippen molar-refractivity contribution in [3.63, 3.8) is 0 Å². The van der Waals surface area contributed by atoms with Gasteiger partial charge in [-0.15, -0.1) is 12.6 Å². The molecule has 0 radical (unpaired) electrons. The molecule has 18 heavy (non-hydrogen) atoms. The van der Waals surface area contributed by atoms with Gasteiger partial charge in [-0.05, 0) is 37.3 Å². The number of nitrogens with one attached hydrogen (secondary N) is 1. The number of amides is 1. The van der Waals surface area contributed by atoms with Crippen LogP contribution >= 0.6 is 28.6 Å². The maximum absolute atomic E-state index is 12.1. The summed E-state index contributed by atoms with van der Waals surface area (Å²) >= 11 is 7.64. The molecule has 2 aromatic carbocycles. The first kappa shape index (κ1) is 13.2. The first-order chi connectivity index (χ1) is 8.56. The van der Waals surface area contributed by atoms with Crippen molar-refractivity contribution >= 4 is 40.2 Å². The average molecular weight is 322 g/mol. The number of carbonyl (C=O) groups excluding carboxylic acids is 1. The highest BCUT2D eigenvalue weighted by Gasteiger charge is 2.09. The van der Waals surface area contributed by atoms with E-state index in [1.54, 1.807) is 12.1 Å². The van der Waals surface area contributed by atoms with Gasteiger partial charge in [-0.25, -0.2) is 0 Å². The van der Waals surface area contributed by atoms with Crippen molar-refractivity contribution in [3.8, 4) is 0 Å². The molecule has 4 heteroatoms. The number of thiol groups is 1. The van der Waals surface area contributed by atoms with Gasteiger partial charge in [0.05, 0.1) is 5.56 Å². The molecule has 0 saturated heterocycles. The van der Waals surface area contributed by atoms with Crippen molar-refractivity contribution in [2.75, 3.05) is 5.32 Å². The van der Waals surface area contributed by atoms with Crippen LogP contribution in [0, 0.1) is 6.92 Å². The predicted molar refractivity (Wildman–Crippen MR) is 80.5 cm³/mol. The van der Waals surface area contributed by atoms with Crippen molar-refractivity contribution in [2.45, 2.75) is 11.8 Å². The van der Waals surface area contributed by atoms with E-state index in [2.05, 4.69) is 33.9 Å². The van der Waals surface area contributed by atoms with E-state index >= 15 is 0 Å². The van der Waals surface area contributed by atoms with Gasteiger partial charge in [-0.1, -0.05) is 33.6 Å². The third-order valence-electron chi connectivity index (χ3n) is 2.51. The quantitative estimate of drug-likeness (QED) is 0.793. The highest BCUT2D eigenvalue weighted by atomic mass is 79.9. The van der Waals surface area contributed by atoms with Crippen LogP contribution in [0.1, 0.15) is 15.9 Å². The molecule has 1 amide bonds. The van der Waals surface area contributed by atoms with Gasteiger partial charge in [-0.3, -0.25) is 4.79 Å². The van der Waals surface area contributed by atoms with E-state index in [4.69, 9.17) is 0 Å². The Morgan fingerprint density at radius 2 is 1.83 bits per heavy atom. The molecular weight excluding hydrogens is 310 g/mol. The summed E-state index contributed by atoms with van der Waals surface area (Å²) in [6.45, 7) is 2.01. The standard InChI is InChI=1S/C14H12BrNOS/c1-9-2-5-11(6-3-9)16-14(17)12-7-4-10(15)8-13(12)18/h2-8,18H,1H3,(H,16,17). The molecule has 0 atom stereocenters. The van der Waals surface area contributed by atoms with Crippen molar-refractivity contribution in [1.82, 2.24) is 0 Å². The van der Waals surface area contributed by atoms with Crippen molar-refractivity contribution in [2.24, 2.45) is 0 Å². The molecule has 0 fully saturated rings. The maximum Gasteiger partial charge on any atom is 0.256 e. The highest BCUT2D eigenvalue weighted by molar-refractivity contribution is 9.10. The normalized spacial score (nSPS) is 10.2. The van der Waals surface area contributed by atoms with E-state index in [1.807, 2.05) is 37.3 Å². The van der Waals surface area contributed by atoms with E-state index in [-0.39, 0.29) is 5.91 Å². The summed E-state index contributed by atoms with van der Waals surface area (Å²) in [6, 6.07) is 13.0. The van der Waals surface area contributed by atoms with Gasteiger partial charge in [0, 0.05) is 15.1 Å². The molecule has 0 aliphatic rings. The lowest BCUT2D eigenvalue weighted by atomic mass is 10.2. The Bertz CT molecular complexity index is 581. The number of halogens is 1. The number of hydrogen-bond donors (Lipinski definition) is 2. The summed E-state index contributed by atoms with van der Waals surface area (Å²) in [7, 11) is 0. The van der Waals surface area contributed by atoms with Gasteiger partial charge in [0.15, 0.2) is 0 Å². The number of hydrogen-bond acceptors (Lipinski definition) is 2. The third-order valence-corrected chi connectivity index (χ3v) is 3.38. The van der Waals surface area contributed by atoms with Gasteiger partial charge < -0.3 is 5.32 Å². The molecule has 2 aromatic rings. The van der Waals surface area contributed by atoms with Gasteiger partial charge in [-0.2, -0.15) is 0 Å². The van der Waals surface area contributed by atoms with Gasteiger partial charge in [0.2, 0.25) is 0 Å². The van der Waals surface area contributed by atoms with E-state index in [1.165, 1.54) is 0 Å². The number of anilines is 1. The second-order valence-electron chi connectivity index (χ2n) is 3.98. The molecule has 0 heterocycles. The van der Waals surface area contributed by atoms with Crippen LogP contribution in [0.5, 0.6) is 0 Å². The largest absolute Gasteiger partial charge is 0.322 e. The lowest BCUT2D eigenvalue weighted by molar-refractivity contribution is 0.102. The first-order valence-corrected chi connectivity index (χ1v) is 6.67. The molecule has 0 aliphatic carbocycles. The summed E-state index contributed by atoms with van der Waals surface area (Å²) in [6.07, 6.45) is 0. The molecule has 0 aromatic heterocycles. The molecule has 0 bridgehead atoms. The molecule has 0 unspecified atom stereocenters. The van der Waals surface area contributed by atoms with Crippen molar-refractivity contribution in [1.29, 1.82) is 0 Å². The molecule has 2 nitrogen and oxygen atoms in total. The van der Waals surface area contributed by atoms with Crippen LogP contribution in [0.15, 0.2) is 51.8 Å². The monoisotopic (exact) mass is 321 g/mol. The van der Waals surface area contributed by atoms with Crippen molar-refractivity contribution in [3.05, 3.63) is 58.1 Å². The SMILES string of the molecule is Cc1ccc(NC(=O)c2ccc(Br)cc2S)cc1. The minimum atomic E-state index is -0.156. The van der Waals surface area contributed by atoms with Crippen LogP contribution in [-0.4, -0.2) is 5.91 Å². The Balaban J connectivity index is 2.19. The third kappa shape index (κ3) is 3.15. The maximum atomic E-state index is 12.1.